The summed E-state index contributed by atoms with van der Waals surface area (Å²) in [5.74, 6) is -2.02. The summed E-state index contributed by atoms with van der Waals surface area (Å²) in [4.78, 5) is 25.0. The Labute approximate surface area is 109 Å². The lowest BCUT2D eigenvalue weighted by atomic mass is 9.84. The Balaban J connectivity index is 0.000000192. The zero-order valence-corrected chi connectivity index (χ0v) is 10.5. The van der Waals surface area contributed by atoms with Crippen molar-refractivity contribution in [2.75, 3.05) is 19.6 Å². The number of fused-ring (bicyclic) bond motifs is 2. The second-order valence-electron chi connectivity index (χ2n) is 4.81. The molecule has 3 heterocycles. The Morgan fingerprint density at radius 1 is 1.26 bits per heavy atom. The fraction of sp³-hybridized carbons (Fsp3) is 0.636. The number of aliphatic carboxylic acids is 2. The van der Waals surface area contributed by atoms with Gasteiger partial charge in [0.1, 0.15) is 0 Å². The van der Waals surface area contributed by atoms with Crippen LogP contribution in [0.4, 0.5) is 0 Å². The second kappa shape index (κ2) is 4.96. The van der Waals surface area contributed by atoms with Crippen molar-refractivity contribution in [3.05, 3.63) is 11.7 Å². The van der Waals surface area contributed by atoms with Gasteiger partial charge in [-0.2, -0.15) is 4.98 Å². The monoisotopic (exact) mass is 269 g/mol. The number of rotatable bonds is 1. The Morgan fingerprint density at radius 3 is 2.16 bits per heavy atom. The quantitative estimate of drug-likeness (QED) is 0.678. The molecule has 1 aromatic heterocycles. The number of aromatic nitrogens is 2. The Morgan fingerprint density at radius 2 is 1.84 bits per heavy atom. The number of hydrogen-bond acceptors (Lipinski definition) is 6. The van der Waals surface area contributed by atoms with Gasteiger partial charge in [-0.15, -0.1) is 0 Å². The molecule has 2 bridgehead atoms. The Kier molecular flexibility index (Phi) is 3.52. The maximum absolute atomic E-state index is 9.10. The Hall–Kier alpha value is -1.96. The molecular weight excluding hydrogens is 254 g/mol. The van der Waals surface area contributed by atoms with E-state index in [9.17, 15) is 0 Å². The van der Waals surface area contributed by atoms with E-state index < -0.39 is 11.9 Å². The van der Waals surface area contributed by atoms with Gasteiger partial charge in [0.25, 0.3) is 0 Å². The van der Waals surface area contributed by atoms with Crippen molar-refractivity contribution in [3.63, 3.8) is 0 Å². The summed E-state index contributed by atoms with van der Waals surface area (Å²) in [6, 6.07) is 0. The summed E-state index contributed by atoms with van der Waals surface area (Å²) in [6.07, 6.45) is 2.38. The van der Waals surface area contributed by atoms with E-state index in [1.165, 1.54) is 25.9 Å². The SMILES string of the molecule is Cc1noc(C23CCN(CC2)C3)n1.O=C(O)C(=O)O. The molecule has 8 nitrogen and oxygen atoms in total. The molecule has 0 saturated carbocycles. The van der Waals surface area contributed by atoms with Gasteiger partial charge in [0.2, 0.25) is 5.89 Å². The molecule has 19 heavy (non-hydrogen) atoms. The van der Waals surface area contributed by atoms with Gasteiger partial charge >= 0.3 is 11.9 Å². The molecule has 2 fully saturated rings. The van der Waals surface area contributed by atoms with Gasteiger partial charge < -0.3 is 19.6 Å². The number of nitrogens with zero attached hydrogens (tertiary/aromatic N) is 3. The molecule has 0 amide bonds. The van der Waals surface area contributed by atoms with Crippen LogP contribution < -0.4 is 0 Å². The zero-order valence-electron chi connectivity index (χ0n) is 10.5. The molecule has 104 valence electrons. The lowest BCUT2D eigenvalue weighted by Gasteiger charge is -2.19. The van der Waals surface area contributed by atoms with Crippen LogP contribution in [-0.4, -0.2) is 56.8 Å². The molecule has 2 aliphatic heterocycles. The van der Waals surface area contributed by atoms with Crippen LogP contribution in [0.15, 0.2) is 4.52 Å². The molecule has 0 unspecified atom stereocenters. The number of carboxylic acid groups (broad SMARTS) is 2. The molecule has 0 spiro atoms. The van der Waals surface area contributed by atoms with Crippen molar-refractivity contribution in [1.29, 1.82) is 0 Å². The van der Waals surface area contributed by atoms with Crippen molar-refractivity contribution >= 4 is 11.9 Å². The smallest absolute Gasteiger partial charge is 0.414 e. The number of carboxylic acids is 2. The van der Waals surface area contributed by atoms with Crippen molar-refractivity contribution in [2.45, 2.75) is 25.2 Å². The third-order valence-electron chi connectivity index (χ3n) is 3.50. The van der Waals surface area contributed by atoms with Gasteiger partial charge in [-0.05, 0) is 32.9 Å². The van der Waals surface area contributed by atoms with Crippen molar-refractivity contribution in [3.8, 4) is 0 Å². The minimum absolute atomic E-state index is 0.210. The lowest BCUT2D eigenvalue weighted by Crippen LogP contribution is -2.24. The number of hydrogen-bond donors (Lipinski definition) is 2. The minimum atomic E-state index is -1.82. The lowest BCUT2D eigenvalue weighted by molar-refractivity contribution is -0.159. The molecule has 0 radical (unpaired) electrons. The molecular formula is C11H15N3O5. The first kappa shape index (κ1) is 13.5. The fourth-order valence-electron chi connectivity index (χ4n) is 2.52. The highest BCUT2D eigenvalue weighted by Crippen LogP contribution is 2.42. The van der Waals surface area contributed by atoms with Crippen LogP contribution in [0.3, 0.4) is 0 Å². The zero-order chi connectivity index (χ0) is 14.0. The van der Waals surface area contributed by atoms with Crippen LogP contribution in [0.2, 0.25) is 0 Å². The Bertz CT molecular complexity index is 478. The van der Waals surface area contributed by atoms with Crippen LogP contribution in [0.25, 0.3) is 0 Å². The largest absolute Gasteiger partial charge is 0.473 e. The first-order valence-electron chi connectivity index (χ1n) is 5.92. The van der Waals surface area contributed by atoms with Crippen LogP contribution in [0, 0.1) is 6.92 Å². The highest BCUT2D eigenvalue weighted by atomic mass is 16.5. The molecule has 1 aromatic rings. The van der Waals surface area contributed by atoms with E-state index in [4.69, 9.17) is 24.3 Å². The maximum atomic E-state index is 9.10. The number of carbonyl (C=O) groups is 2. The standard InChI is InChI=1S/C9H13N3O.C2H2O4/c1-7-10-8(13-11-7)9-2-4-12(6-9)5-3-9;3-1(4)2(5)6/h2-6H2,1H3;(H,3,4)(H,5,6). The third-order valence-corrected chi connectivity index (χ3v) is 3.50. The third kappa shape index (κ3) is 2.73. The van der Waals surface area contributed by atoms with Gasteiger partial charge in [0.15, 0.2) is 5.82 Å². The van der Waals surface area contributed by atoms with Gasteiger partial charge in [0.05, 0.1) is 5.41 Å². The highest BCUT2D eigenvalue weighted by molar-refractivity contribution is 6.27. The predicted octanol–water partition coefficient (Wildman–Crippen LogP) is -0.119. The average Bonchev–Trinajstić information content (AvgIpc) is 3.04. The van der Waals surface area contributed by atoms with E-state index in [1.807, 2.05) is 6.92 Å². The first-order valence-corrected chi connectivity index (χ1v) is 5.92. The van der Waals surface area contributed by atoms with E-state index in [0.717, 1.165) is 18.3 Å². The van der Waals surface area contributed by atoms with Crippen LogP contribution in [0.5, 0.6) is 0 Å². The van der Waals surface area contributed by atoms with Crippen LogP contribution in [-0.2, 0) is 15.0 Å². The van der Waals surface area contributed by atoms with E-state index >= 15 is 0 Å². The molecule has 0 aliphatic carbocycles. The van der Waals surface area contributed by atoms with E-state index in [0.29, 0.717) is 0 Å². The van der Waals surface area contributed by atoms with Gasteiger partial charge in [-0.1, -0.05) is 5.16 Å². The fourth-order valence-corrected chi connectivity index (χ4v) is 2.52. The van der Waals surface area contributed by atoms with Gasteiger partial charge in [-0.25, -0.2) is 9.59 Å². The maximum Gasteiger partial charge on any atom is 0.414 e. The molecule has 2 aliphatic rings. The predicted molar refractivity (Wildman–Crippen MR) is 61.7 cm³/mol. The second-order valence-corrected chi connectivity index (χ2v) is 4.81. The van der Waals surface area contributed by atoms with Gasteiger partial charge in [0, 0.05) is 6.54 Å². The molecule has 0 atom stereocenters. The average molecular weight is 269 g/mol. The highest BCUT2D eigenvalue weighted by Gasteiger charge is 2.48. The number of aryl methyl sites for hydroxylation is 1. The first-order chi connectivity index (χ1) is 8.93. The minimum Gasteiger partial charge on any atom is -0.473 e. The summed E-state index contributed by atoms with van der Waals surface area (Å²) in [5.41, 5.74) is 0.210. The van der Waals surface area contributed by atoms with E-state index in [-0.39, 0.29) is 5.41 Å². The van der Waals surface area contributed by atoms with Gasteiger partial charge in [-0.3, -0.25) is 0 Å². The van der Waals surface area contributed by atoms with Crippen molar-refractivity contribution < 1.29 is 24.3 Å². The molecule has 3 rings (SSSR count). The van der Waals surface area contributed by atoms with Crippen LogP contribution in [0.1, 0.15) is 24.6 Å². The normalized spacial score (nSPS) is 27.7. The summed E-state index contributed by atoms with van der Waals surface area (Å²) in [5, 5.41) is 18.7. The summed E-state index contributed by atoms with van der Waals surface area (Å²) < 4.78 is 5.28. The summed E-state index contributed by atoms with van der Waals surface area (Å²) in [6.45, 7) is 5.39. The van der Waals surface area contributed by atoms with E-state index in [2.05, 4.69) is 15.0 Å². The number of piperidine rings is 1. The summed E-state index contributed by atoms with van der Waals surface area (Å²) in [7, 11) is 0. The van der Waals surface area contributed by atoms with E-state index in [1.54, 1.807) is 0 Å². The molecule has 2 N–H and O–H groups in total. The van der Waals surface area contributed by atoms with Crippen molar-refractivity contribution in [1.82, 2.24) is 15.0 Å². The van der Waals surface area contributed by atoms with Crippen molar-refractivity contribution in [2.24, 2.45) is 0 Å². The van der Waals surface area contributed by atoms with Crippen LogP contribution >= 0.6 is 0 Å². The topological polar surface area (TPSA) is 117 Å². The molecule has 0 aromatic carbocycles. The molecule has 8 heteroatoms. The summed E-state index contributed by atoms with van der Waals surface area (Å²) >= 11 is 0. The molecule has 2 saturated heterocycles.